The topological polar surface area (TPSA) is 75.5 Å². The molecule has 0 spiro atoms. The van der Waals surface area contributed by atoms with E-state index in [-0.39, 0.29) is 29.4 Å². The zero-order chi connectivity index (χ0) is 20.3. The van der Waals surface area contributed by atoms with Gasteiger partial charge in [-0.3, -0.25) is 4.79 Å². The van der Waals surface area contributed by atoms with Crippen LogP contribution in [-0.4, -0.2) is 40.7 Å². The van der Waals surface area contributed by atoms with Crippen molar-refractivity contribution in [3.05, 3.63) is 35.5 Å². The second kappa shape index (κ2) is 8.50. The molecular weight excluding hydrogens is 368 g/mol. The largest absolute Gasteiger partial charge is 0.481 e. The third-order valence-corrected chi connectivity index (χ3v) is 4.63. The van der Waals surface area contributed by atoms with Crippen LogP contribution in [-0.2, 0) is 4.79 Å². The van der Waals surface area contributed by atoms with Crippen LogP contribution in [0.4, 0.5) is 14.5 Å². The molecule has 0 bridgehead atoms. The molecular formula is C20H23F2N3O3. The number of ether oxygens (including phenoxy) is 1. The zero-order valence-corrected chi connectivity index (χ0v) is 15.9. The Hall–Kier alpha value is -2.77. The third kappa shape index (κ3) is 4.55. The highest BCUT2D eigenvalue weighted by molar-refractivity contribution is 5.67. The van der Waals surface area contributed by atoms with Crippen LogP contribution in [0.5, 0.6) is 5.88 Å². The number of hydrogen-bond acceptors (Lipinski definition) is 5. The van der Waals surface area contributed by atoms with Gasteiger partial charge in [0.1, 0.15) is 17.3 Å². The van der Waals surface area contributed by atoms with E-state index >= 15 is 0 Å². The molecule has 1 aliphatic heterocycles. The van der Waals surface area contributed by atoms with Gasteiger partial charge >= 0.3 is 5.97 Å². The molecule has 150 valence electrons. The number of nitrogens with zero attached hydrogens (tertiary/aromatic N) is 3. The Bertz CT molecular complexity index is 853. The molecule has 1 saturated heterocycles. The van der Waals surface area contributed by atoms with Gasteiger partial charge < -0.3 is 14.7 Å². The van der Waals surface area contributed by atoms with Gasteiger partial charge in [-0.15, -0.1) is 0 Å². The van der Waals surface area contributed by atoms with Gasteiger partial charge in [0.2, 0.25) is 5.88 Å². The third-order valence-electron chi connectivity index (χ3n) is 4.63. The van der Waals surface area contributed by atoms with Crippen molar-refractivity contribution in [3.8, 4) is 17.3 Å². The van der Waals surface area contributed by atoms with Crippen molar-refractivity contribution in [3.63, 3.8) is 0 Å². The minimum Gasteiger partial charge on any atom is -0.481 e. The summed E-state index contributed by atoms with van der Waals surface area (Å²) in [6.07, 6.45) is 1.40. The van der Waals surface area contributed by atoms with Crippen molar-refractivity contribution in [2.45, 2.75) is 33.1 Å². The van der Waals surface area contributed by atoms with E-state index in [1.54, 1.807) is 17.9 Å². The monoisotopic (exact) mass is 391 g/mol. The second-order valence-electron chi connectivity index (χ2n) is 7.01. The van der Waals surface area contributed by atoms with Gasteiger partial charge in [0, 0.05) is 36.8 Å². The Morgan fingerprint density at radius 2 is 2.00 bits per heavy atom. The number of aliphatic carboxylic acids is 1. The highest BCUT2D eigenvalue weighted by atomic mass is 19.1. The highest BCUT2D eigenvalue weighted by Crippen LogP contribution is 2.33. The molecule has 1 aliphatic rings. The molecule has 1 aromatic carbocycles. The first kappa shape index (κ1) is 20.0. The average Bonchev–Trinajstić information content (AvgIpc) is 3.06. The lowest BCUT2D eigenvalue weighted by Gasteiger charge is -2.20. The van der Waals surface area contributed by atoms with E-state index in [0.29, 0.717) is 37.7 Å². The van der Waals surface area contributed by atoms with Gasteiger partial charge in [-0.2, -0.15) is 4.98 Å². The fraction of sp³-hybridized carbons (Fsp3) is 0.450. The maximum atomic E-state index is 14.8. The summed E-state index contributed by atoms with van der Waals surface area (Å²) in [7, 11) is 0. The molecule has 0 amide bonds. The predicted molar refractivity (Wildman–Crippen MR) is 100 cm³/mol. The molecule has 1 aromatic heterocycles. The smallest absolute Gasteiger partial charge is 0.303 e. The number of aromatic nitrogens is 2. The second-order valence-corrected chi connectivity index (χ2v) is 7.01. The maximum absolute atomic E-state index is 14.8. The number of carboxylic acids is 1. The Balaban J connectivity index is 1.86. The molecule has 1 fully saturated rings. The van der Waals surface area contributed by atoms with Crippen molar-refractivity contribution in [1.29, 1.82) is 0 Å². The molecule has 6 nitrogen and oxygen atoms in total. The van der Waals surface area contributed by atoms with Crippen LogP contribution in [0, 0.1) is 24.5 Å². The first-order valence-corrected chi connectivity index (χ1v) is 9.32. The van der Waals surface area contributed by atoms with Crippen LogP contribution < -0.4 is 9.64 Å². The minimum absolute atomic E-state index is 0.00447. The number of carboxylic acid groups (broad SMARTS) is 1. The van der Waals surface area contributed by atoms with Gasteiger partial charge in [-0.1, -0.05) is 6.92 Å². The maximum Gasteiger partial charge on any atom is 0.303 e. The lowest BCUT2D eigenvalue weighted by Crippen LogP contribution is -2.23. The fourth-order valence-electron chi connectivity index (χ4n) is 3.40. The molecule has 1 unspecified atom stereocenters. The molecule has 0 radical (unpaired) electrons. The van der Waals surface area contributed by atoms with Crippen LogP contribution in [0.3, 0.4) is 0 Å². The molecule has 2 heterocycles. The Kier molecular flexibility index (Phi) is 6.06. The first-order chi connectivity index (χ1) is 13.4. The van der Waals surface area contributed by atoms with Gasteiger partial charge in [-0.25, -0.2) is 13.8 Å². The van der Waals surface area contributed by atoms with Crippen molar-refractivity contribution in [2.75, 3.05) is 24.6 Å². The van der Waals surface area contributed by atoms with Crippen molar-refractivity contribution in [2.24, 2.45) is 5.92 Å². The Morgan fingerprint density at radius 3 is 2.64 bits per heavy atom. The molecule has 8 heteroatoms. The molecule has 28 heavy (non-hydrogen) atoms. The van der Waals surface area contributed by atoms with E-state index in [1.807, 2.05) is 6.92 Å². The Labute approximate surface area is 162 Å². The SMILES string of the molecule is CCCOc1cc(C)nc(-c2cc(F)c(N3CCC(CC(=O)O)C3)c(F)c2)n1. The molecule has 3 rings (SSSR count). The van der Waals surface area contributed by atoms with Gasteiger partial charge in [0.05, 0.1) is 6.61 Å². The van der Waals surface area contributed by atoms with Crippen LogP contribution in [0.1, 0.15) is 31.9 Å². The Morgan fingerprint density at radius 1 is 1.29 bits per heavy atom. The first-order valence-electron chi connectivity index (χ1n) is 9.32. The van der Waals surface area contributed by atoms with Crippen molar-refractivity contribution >= 4 is 11.7 Å². The van der Waals surface area contributed by atoms with Crippen LogP contribution in [0.15, 0.2) is 18.2 Å². The van der Waals surface area contributed by atoms with Crippen LogP contribution >= 0.6 is 0 Å². The lowest BCUT2D eigenvalue weighted by molar-refractivity contribution is -0.137. The highest BCUT2D eigenvalue weighted by Gasteiger charge is 2.28. The summed E-state index contributed by atoms with van der Waals surface area (Å²) in [5.74, 6) is -1.89. The summed E-state index contributed by atoms with van der Waals surface area (Å²) in [5, 5.41) is 8.91. The molecule has 2 aromatic rings. The summed E-state index contributed by atoms with van der Waals surface area (Å²) >= 11 is 0. The number of aryl methyl sites for hydroxylation is 1. The number of rotatable bonds is 7. The summed E-state index contributed by atoms with van der Waals surface area (Å²) in [6.45, 7) is 4.95. The van der Waals surface area contributed by atoms with Crippen molar-refractivity contribution < 1.29 is 23.4 Å². The van der Waals surface area contributed by atoms with Crippen LogP contribution in [0.25, 0.3) is 11.4 Å². The predicted octanol–water partition coefficient (Wildman–Crippen LogP) is 3.82. The van der Waals surface area contributed by atoms with Gasteiger partial charge in [0.15, 0.2) is 5.82 Å². The molecule has 0 aliphatic carbocycles. The van der Waals surface area contributed by atoms with Crippen molar-refractivity contribution in [1.82, 2.24) is 9.97 Å². The number of halogens is 2. The van der Waals surface area contributed by atoms with Gasteiger partial charge in [0.25, 0.3) is 0 Å². The normalized spacial score (nSPS) is 16.4. The van der Waals surface area contributed by atoms with E-state index in [4.69, 9.17) is 9.84 Å². The summed E-state index contributed by atoms with van der Waals surface area (Å²) in [6, 6.07) is 4.09. The van der Waals surface area contributed by atoms with E-state index in [0.717, 1.165) is 6.42 Å². The molecule has 1 atom stereocenters. The number of hydrogen-bond donors (Lipinski definition) is 1. The number of benzene rings is 1. The van der Waals surface area contributed by atoms with Gasteiger partial charge in [-0.05, 0) is 37.8 Å². The van der Waals surface area contributed by atoms with E-state index < -0.39 is 17.6 Å². The summed E-state index contributed by atoms with van der Waals surface area (Å²) in [4.78, 5) is 20.9. The average molecular weight is 391 g/mol. The standard InChI is InChI=1S/C20H23F2N3O3/c1-3-6-28-17-7-12(2)23-20(24-17)14-9-15(21)19(16(22)10-14)25-5-4-13(11-25)8-18(26)27/h7,9-10,13H,3-6,8,11H2,1-2H3,(H,26,27). The van der Waals surface area contributed by atoms with E-state index in [1.165, 1.54) is 12.1 Å². The molecule has 0 saturated carbocycles. The number of carbonyl (C=O) groups is 1. The lowest BCUT2D eigenvalue weighted by atomic mass is 10.1. The fourth-order valence-corrected chi connectivity index (χ4v) is 3.40. The summed E-state index contributed by atoms with van der Waals surface area (Å²) < 4.78 is 35.0. The van der Waals surface area contributed by atoms with E-state index in [9.17, 15) is 13.6 Å². The zero-order valence-electron chi connectivity index (χ0n) is 15.9. The molecule has 1 N–H and O–H groups in total. The quantitative estimate of drug-likeness (QED) is 0.773. The minimum atomic E-state index is -0.902. The number of anilines is 1. The summed E-state index contributed by atoms with van der Waals surface area (Å²) in [5.41, 5.74) is 0.730. The van der Waals surface area contributed by atoms with E-state index in [2.05, 4.69) is 9.97 Å². The van der Waals surface area contributed by atoms with Crippen LogP contribution in [0.2, 0.25) is 0 Å².